The van der Waals surface area contributed by atoms with Crippen LogP contribution < -0.4 is 10.6 Å². The molecule has 0 aliphatic heterocycles. The third-order valence-electron chi connectivity index (χ3n) is 4.72. The topological polar surface area (TPSA) is 49.8 Å². The molecule has 4 rings (SSSR count). The number of nitrogens with one attached hydrogen (secondary N) is 2. The minimum Gasteiger partial charge on any atom is -0.366 e. The quantitative estimate of drug-likeness (QED) is 0.900. The molecule has 3 atom stereocenters. The summed E-state index contributed by atoms with van der Waals surface area (Å²) < 4.78 is 0. The largest absolute Gasteiger partial charge is 0.366 e. The molecule has 2 fully saturated rings. The Hall–Kier alpha value is -1.36. The molecule has 20 heavy (non-hydrogen) atoms. The highest BCUT2D eigenvalue weighted by atomic mass is 32.1. The molecule has 0 spiro atoms. The fraction of sp³-hybridized carbons (Fsp3) is 0.600. The van der Waals surface area contributed by atoms with Crippen molar-refractivity contribution < 1.29 is 0 Å². The molecule has 0 aromatic carbocycles. The minimum atomic E-state index is 0.612. The number of aromatic nitrogens is 2. The molecule has 3 unspecified atom stereocenters. The molecule has 2 aromatic rings. The minimum absolute atomic E-state index is 0.612. The van der Waals surface area contributed by atoms with E-state index in [0.717, 1.165) is 35.0 Å². The van der Waals surface area contributed by atoms with E-state index in [1.165, 1.54) is 31.1 Å². The molecule has 2 bridgehead atoms. The van der Waals surface area contributed by atoms with Crippen LogP contribution in [0, 0.1) is 11.8 Å². The van der Waals surface area contributed by atoms with Crippen molar-refractivity contribution >= 4 is 33.3 Å². The first kappa shape index (κ1) is 12.4. The third kappa shape index (κ3) is 2.04. The summed E-state index contributed by atoms with van der Waals surface area (Å²) in [6, 6.07) is 2.74. The van der Waals surface area contributed by atoms with Crippen molar-refractivity contribution in [1.82, 2.24) is 9.97 Å². The Morgan fingerprint density at radius 2 is 2.25 bits per heavy atom. The predicted octanol–water partition coefficient (Wildman–Crippen LogP) is 3.72. The average molecular weight is 288 g/mol. The van der Waals surface area contributed by atoms with Crippen LogP contribution in [0.3, 0.4) is 0 Å². The second-order valence-corrected chi connectivity index (χ2v) is 6.89. The van der Waals surface area contributed by atoms with Crippen LogP contribution in [0.15, 0.2) is 11.4 Å². The molecule has 2 aliphatic rings. The lowest BCUT2D eigenvalue weighted by atomic mass is 9.95. The van der Waals surface area contributed by atoms with Crippen LogP contribution in [0.1, 0.15) is 32.6 Å². The van der Waals surface area contributed by atoms with Gasteiger partial charge in [-0.3, -0.25) is 0 Å². The van der Waals surface area contributed by atoms with Crippen LogP contribution in [-0.2, 0) is 0 Å². The number of fused-ring (bicyclic) bond motifs is 3. The summed E-state index contributed by atoms with van der Waals surface area (Å²) >= 11 is 1.68. The van der Waals surface area contributed by atoms with E-state index in [1.807, 2.05) is 0 Å². The first-order chi connectivity index (χ1) is 9.83. The Kier molecular flexibility index (Phi) is 3.02. The van der Waals surface area contributed by atoms with Crippen LogP contribution in [-0.4, -0.2) is 22.6 Å². The van der Waals surface area contributed by atoms with E-state index in [2.05, 4.69) is 39.0 Å². The van der Waals surface area contributed by atoms with Crippen molar-refractivity contribution in [3.63, 3.8) is 0 Å². The first-order valence-electron chi connectivity index (χ1n) is 7.59. The zero-order valence-electron chi connectivity index (χ0n) is 11.7. The maximum atomic E-state index is 4.68. The fourth-order valence-corrected chi connectivity index (χ4v) is 4.56. The Bertz CT molecular complexity index is 623. The highest BCUT2D eigenvalue weighted by Crippen LogP contribution is 2.45. The summed E-state index contributed by atoms with van der Waals surface area (Å²) in [6.45, 7) is 2.93. The number of rotatable bonds is 4. The van der Waals surface area contributed by atoms with Gasteiger partial charge in [0.1, 0.15) is 10.6 Å². The summed E-state index contributed by atoms with van der Waals surface area (Å²) in [5, 5.41) is 10.2. The van der Waals surface area contributed by atoms with E-state index >= 15 is 0 Å². The van der Waals surface area contributed by atoms with Crippen LogP contribution in [0.4, 0.5) is 11.8 Å². The monoisotopic (exact) mass is 288 g/mol. The van der Waals surface area contributed by atoms with Gasteiger partial charge in [0.2, 0.25) is 5.95 Å². The third-order valence-corrected chi connectivity index (χ3v) is 5.53. The maximum absolute atomic E-state index is 4.68. The van der Waals surface area contributed by atoms with Crippen molar-refractivity contribution in [3.05, 3.63) is 11.4 Å². The van der Waals surface area contributed by atoms with E-state index in [9.17, 15) is 0 Å². The first-order valence-corrected chi connectivity index (χ1v) is 8.47. The second kappa shape index (κ2) is 4.88. The summed E-state index contributed by atoms with van der Waals surface area (Å²) in [5.74, 6) is 3.56. The molecule has 5 heteroatoms. The SMILES string of the molecule is CCNc1nc(NC2CC3CCC2C3)c2ccsc2n1. The lowest BCUT2D eigenvalue weighted by Crippen LogP contribution is -2.26. The van der Waals surface area contributed by atoms with Gasteiger partial charge in [0, 0.05) is 12.6 Å². The van der Waals surface area contributed by atoms with Crippen LogP contribution in [0.25, 0.3) is 10.2 Å². The highest BCUT2D eigenvalue weighted by molar-refractivity contribution is 7.16. The summed E-state index contributed by atoms with van der Waals surface area (Å²) in [5.41, 5.74) is 0. The molecule has 2 N–H and O–H groups in total. The van der Waals surface area contributed by atoms with Crippen molar-refractivity contribution in [2.45, 2.75) is 38.6 Å². The molecule has 2 aromatic heterocycles. The zero-order valence-corrected chi connectivity index (χ0v) is 12.5. The summed E-state index contributed by atoms with van der Waals surface area (Å²) in [6.07, 6.45) is 5.55. The molecule has 2 aliphatic carbocycles. The molecular formula is C15H20N4S. The summed E-state index contributed by atoms with van der Waals surface area (Å²) in [4.78, 5) is 10.3. The Labute approximate surface area is 123 Å². The van der Waals surface area contributed by atoms with Gasteiger partial charge < -0.3 is 10.6 Å². The van der Waals surface area contributed by atoms with Gasteiger partial charge in [-0.05, 0) is 49.5 Å². The molecule has 0 saturated heterocycles. The van der Waals surface area contributed by atoms with Gasteiger partial charge in [-0.15, -0.1) is 11.3 Å². The van der Waals surface area contributed by atoms with Gasteiger partial charge in [0.15, 0.2) is 0 Å². The Morgan fingerprint density at radius 3 is 3.00 bits per heavy atom. The normalized spacial score (nSPS) is 28.1. The number of anilines is 2. The predicted molar refractivity (Wildman–Crippen MR) is 84.4 cm³/mol. The zero-order chi connectivity index (χ0) is 13.5. The van der Waals surface area contributed by atoms with Crippen molar-refractivity contribution in [3.8, 4) is 0 Å². The lowest BCUT2D eigenvalue weighted by molar-refractivity contribution is 0.439. The summed E-state index contributed by atoms with van der Waals surface area (Å²) in [7, 11) is 0. The van der Waals surface area contributed by atoms with Crippen molar-refractivity contribution in [2.75, 3.05) is 17.2 Å². The number of hydrogen-bond donors (Lipinski definition) is 2. The number of hydrogen-bond acceptors (Lipinski definition) is 5. The van der Waals surface area contributed by atoms with Gasteiger partial charge in [0.05, 0.1) is 5.39 Å². The van der Waals surface area contributed by atoms with E-state index < -0.39 is 0 Å². The molecule has 2 heterocycles. The number of thiophene rings is 1. The molecule has 2 saturated carbocycles. The maximum Gasteiger partial charge on any atom is 0.226 e. The molecule has 4 nitrogen and oxygen atoms in total. The lowest BCUT2D eigenvalue weighted by Gasteiger charge is -2.24. The second-order valence-electron chi connectivity index (χ2n) is 5.99. The smallest absolute Gasteiger partial charge is 0.226 e. The van der Waals surface area contributed by atoms with E-state index in [1.54, 1.807) is 11.3 Å². The Balaban J connectivity index is 1.65. The molecular weight excluding hydrogens is 268 g/mol. The van der Waals surface area contributed by atoms with Gasteiger partial charge in [0.25, 0.3) is 0 Å². The molecule has 0 amide bonds. The van der Waals surface area contributed by atoms with Gasteiger partial charge >= 0.3 is 0 Å². The van der Waals surface area contributed by atoms with E-state index in [4.69, 9.17) is 0 Å². The van der Waals surface area contributed by atoms with E-state index in [-0.39, 0.29) is 0 Å². The highest BCUT2D eigenvalue weighted by Gasteiger charge is 2.39. The van der Waals surface area contributed by atoms with Crippen molar-refractivity contribution in [1.29, 1.82) is 0 Å². The van der Waals surface area contributed by atoms with E-state index in [0.29, 0.717) is 6.04 Å². The molecule has 0 radical (unpaired) electrons. The van der Waals surface area contributed by atoms with Crippen LogP contribution in [0.2, 0.25) is 0 Å². The molecule has 106 valence electrons. The van der Waals surface area contributed by atoms with Crippen LogP contribution in [0.5, 0.6) is 0 Å². The standard InChI is InChI=1S/C15H20N4S/c1-2-16-15-18-13(11-5-6-20-14(11)19-15)17-12-8-9-3-4-10(12)7-9/h5-6,9-10,12H,2-4,7-8H2,1H3,(H2,16,17,18,19). The van der Waals surface area contributed by atoms with Crippen molar-refractivity contribution in [2.24, 2.45) is 11.8 Å². The average Bonchev–Trinajstić information content (AvgIpc) is 3.14. The number of nitrogens with zero attached hydrogens (tertiary/aromatic N) is 2. The van der Waals surface area contributed by atoms with Gasteiger partial charge in [-0.1, -0.05) is 6.42 Å². The van der Waals surface area contributed by atoms with Gasteiger partial charge in [-0.25, -0.2) is 4.98 Å². The Morgan fingerprint density at radius 1 is 1.30 bits per heavy atom. The van der Waals surface area contributed by atoms with Gasteiger partial charge in [-0.2, -0.15) is 4.98 Å². The van der Waals surface area contributed by atoms with Crippen LogP contribution >= 0.6 is 11.3 Å². The fourth-order valence-electron chi connectivity index (χ4n) is 3.80.